The fraction of sp³-hybridized carbons (Fsp3) is 0.0417. The van der Waals surface area contributed by atoms with Crippen LogP contribution in [-0.4, -0.2) is 15.0 Å². The lowest BCUT2D eigenvalue weighted by molar-refractivity contribution is 1.10. The SMILES string of the molecule is Clc1ccccc1CNc1nc(-c2ccccn2)nc2scc(-c3ccccc3)c12. The van der Waals surface area contributed by atoms with Crippen molar-refractivity contribution < 1.29 is 0 Å². The van der Waals surface area contributed by atoms with Gasteiger partial charge in [-0.25, -0.2) is 9.97 Å². The van der Waals surface area contributed by atoms with E-state index in [1.807, 2.05) is 60.7 Å². The van der Waals surface area contributed by atoms with Crippen LogP contribution in [0.2, 0.25) is 5.02 Å². The first-order chi connectivity index (χ1) is 14.8. The van der Waals surface area contributed by atoms with Crippen LogP contribution in [0.4, 0.5) is 5.82 Å². The van der Waals surface area contributed by atoms with E-state index in [4.69, 9.17) is 21.6 Å². The minimum Gasteiger partial charge on any atom is -0.365 e. The molecule has 6 heteroatoms. The van der Waals surface area contributed by atoms with Crippen LogP contribution in [0.3, 0.4) is 0 Å². The molecule has 2 aromatic carbocycles. The van der Waals surface area contributed by atoms with Crippen LogP contribution in [0.5, 0.6) is 0 Å². The summed E-state index contributed by atoms with van der Waals surface area (Å²) in [4.78, 5) is 15.0. The molecule has 1 N–H and O–H groups in total. The Balaban J connectivity index is 1.64. The molecule has 30 heavy (non-hydrogen) atoms. The van der Waals surface area contributed by atoms with Crippen molar-refractivity contribution in [2.75, 3.05) is 5.32 Å². The highest BCUT2D eigenvalue weighted by Gasteiger charge is 2.17. The normalized spacial score (nSPS) is 11.0. The van der Waals surface area contributed by atoms with Crippen molar-refractivity contribution in [1.82, 2.24) is 15.0 Å². The minimum atomic E-state index is 0.567. The molecule has 146 valence electrons. The third kappa shape index (κ3) is 3.65. The molecule has 5 rings (SSSR count). The predicted octanol–water partition coefficient (Wildman–Crippen LogP) is 6.69. The molecule has 0 aliphatic carbocycles. The molecule has 0 radical (unpaired) electrons. The van der Waals surface area contributed by atoms with Crippen molar-refractivity contribution in [2.45, 2.75) is 6.54 Å². The molecule has 0 amide bonds. The number of anilines is 1. The van der Waals surface area contributed by atoms with Crippen molar-refractivity contribution in [2.24, 2.45) is 0 Å². The Hall–Kier alpha value is -3.28. The average Bonchev–Trinajstić information content (AvgIpc) is 3.24. The molecule has 0 bridgehead atoms. The van der Waals surface area contributed by atoms with Gasteiger partial charge in [0.1, 0.15) is 16.3 Å². The summed E-state index contributed by atoms with van der Waals surface area (Å²) in [5, 5.41) is 7.37. The van der Waals surface area contributed by atoms with E-state index < -0.39 is 0 Å². The van der Waals surface area contributed by atoms with Gasteiger partial charge in [-0.15, -0.1) is 11.3 Å². The first-order valence-electron chi connectivity index (χ1n) is 9.53. The third-order valence-corrected chi connectivity index (χ3v) is 6.06. The number of aromatic nitrogens is 3. The lowest BCUT2D eigenvalue weighted by atomic mass is 10.1. The molecule has 4 nitrogen and oxygen atoms in total. The average molecular weight is 429 g/mol. The minimum absolute atomic E-state index is 0.567. The number of nitrogens with one attached hydrogen (secondary N) is 1. The number of thiophene rings is 1. The van der Waals surface area contributed by atoms with Gasteiger partial charge < -0.3 is 5.32 Å². The fourth-order valence-electron chi connectivity index (χ4n) is 3.33. The van der Waals surface area contributed by atoms with E-state index in [0.717, 1.165) is 43.4 Å². The number of nitrogens with zero attached hydrogens (tertiary/aromatic N) is 3. The third-order valence-electron chi connectivity index (χ3n) is 4.82. The molecule has 3 heterocycles. The molecule has 0 spiro atoms. The Morgan fingerprint density at radius 3 is 2.47 bits per heavy atom. The van der Waals surface area contributed by atoms with Crippen molar-refractivity contribution >= 4 is 39.0 Å². The molecule has 3 aromatic heterocycles. The lowest BCUT2D eigenvalue weighted by Crippen LogP contribution is -2.04. The number of hydrogen-bond donors (Lipinski definition) is 1. The highest BCUT2D eigenvalue weighted by molar-refractivity contribution is 7.17. The number of pyridine rings is 1. The summed E-state index contributed by atoms with van der Waals surface area (Å²) in [5.41, 5.74) is 4.01. The standard InChI is InChI=1S/C24H17ClN4S/c25-19-11-5-4-10-17(19)14-27-23-21-18(16-8-2-1-3-9-16)15-30-24(21)29-22(28-23)20-12-6-7-13-26-20/h1-13,15H,14H2,(H,27,28,29). The number of halogens is 1. The van der Waals surface area contributed by atoms with Crippen LogP contribution in [0.15, 0.2) is 84.4 Å². The van der Waals surface area contributed by atoms with E-state index in [9.17, 15) is 0 Å². The van der Waals surface area contributed by atoms with E-state index in [1.165, 1.54) is 0 Å². The molecule has 5 aromatic rings. The Morgan fingerprint density at radius 1 is 0.867 bits per heavy atom. The number of rotatable bonds is 5. The van der Waals surface area contributed by atoms with Crippen LogP contribution in [0.25, 0.3) is 32.9 Å². The van der Waals surface area contributed by atoms with Crippen molar-refractivity contribution in [3.8, 4) is 22.6 Å². The van der Waals surface area contributed by atoms with Crippen molar-refractivity contribution in [3.05, 3.63) is 95.0 Å². The zero-order valence-corrected chi connectivity index (χ0v) is 17.5. The monoisotopic (exact) mass is 428 g/mol. The van der Waals surface area contributed by atoms with Gasteiger partial charge in [0, 0.05) is 28.7 Å². The Bertz CT molecular complexity index is 1300. The molecule has 0 saturated heterocycles. The quantitative estimate of drug-likeness (QED) is 0.339. The fourth-order valence-corrected chi connectivity index (χ4v) is 4.48. The Kier molecular flexibility index (Phi) is 5.13. The molecule has 0 atom stereocenters. The summed E-state index contributed by atoms with van der Waals surface area (Å²) < 4.78 is 0. The maximum Gasteiger partial charge on any atom is 0.181 e. The van der Waals surface area contributed by atoms with Gasteiger partial charge in [0.05, 0.1) is 5.39 Å². The highest BCUT2D eigenvalue weighted by Crippen LogP contribution is 2.38. The van der Waals surface area contributed by atoms with E-state index >= 15 is 0 Å². The van der Waals surface area contributed by atoms with E-state index in [-0.39, 0.29) is 0 Å². The van der Waals surface area contributed by atoms with Gasteiger partial charge in [0.15, 0.2) is 5.82 Å². The van der Waals surface area contributed by atoms with Crippen LogP contribution < -0.4 is 5.32 Å². The zero-order chi connectivity index (χ0) is 20.3. The maximum absolute atomic E-state index is 6.36. The highest BCUT2D eigenvalue weighted by atomic mass is 35.5. The largest absolute Gasteiger partial charge is 0.365 e. The summed E-state index contributed by atoms with van der Waals surface area (Å²) in [7, 11) is 0. The van der Waals surface area contributed by atoms with Crippen LogP contribution in [0.1, 0.15) is 5.56 Å². The van der Waals surface area contributed by atoms with Crippen LogP contribution in [-0.2, 0) is 6.54 Å². The first kappa shape index (κ1) is 18.7. The van der Waals surface area contributed by atoms with Gasteiger partial charge in [-0.2, -0.15) is 0 Å². The summed E-state index contributed by atoms with van der Waals surface area (Å²) >= 11 is 7.97. The van der Waals surface area contributed by atoms with E-state index in [0.29, 0.717) is 12.4 Å². The van der Waals surface area contributed by atoms with Crippen LogP contribution >= 0.6 is 22.9 Å². The van der Waals surface area contributed by atoms with Gasteiger partial charge >= 0.3 is 0 Å². The van der Waals surface area contributed by atoms with Crippen molar-refractivity contribution in [3.63, 3.8) is 0 Å². The molecular weight excluding hydrogens is 412 g/mol. The molecule has 0 saturated carbocycles. The Labute approximate surface area is 183 Å². The maximum atomic E-state index is 6.36. The van der Waals surface area contributed by atoms with Gasteiger partial charge in [-0.3, -0.25) is 4.98 Å². The molecule has 0 aliphatic heterocycles. The summed E-state index contributed by atoms with van der Waals surface area (Å²) in [5.74, 6) is 1.38. The topological polar surface area (TPSA) is 50.7 Å². The Morgan fingerprint density at radius 2 is 1.67 bits per heavy atom. The molecule has 0 aliphatic rings. The second-order valence-electron chi connectivity index (χ2n) is 6.75. The van der Waals surface area contributed by atoms with Gasteiger partial charge in [-0.05, 0) is 29.3 Å². The van der Waals surface area contributed by atoms with Gasteiger partial charge in [0.2, 0.25) is 0 Å². The number of benzene rings is 2. The molecule has 0 fully saturated rings. The summed E-state index contributed by atoms with van der Waals surface area (Å²) in [6.45, 7) is 0.567. The lowest BCUT2D eigenvalue weighted by Gasteiger charge is -2.11. The second kappa shape index (κ2) is 8.22. The number of fused-ring (bicyclic) bond motifs is 1. The number of hydrogen-bond acceptors (Lipinski definition) is 5. The molecular formula is C24H17ClN4S. The summed E-state index contributed by atoms with van der Waals surface area (Å²) in [6, 6.07) is 23.9. The second-order valence-corrected chi connectivity index (χ2v) is 8.02. The van der Waals surface area contributed by atoms with E-state index in [1.54, 1.807) is 17.5 Å². The first-order valence-corrected chi connectivity index (χ1v) is 10.8. The van der Waals surface area contributed by atoms with Crippen LogP contribution in [0, 0.1) is 0 Å². The zero-order valence-electron chi connectivity index (χ0n) is 15.9. The van der Waals surface area contributed by atoms with Gasteiger partial charge in [0.25, 0.3) is 0 Å². The van der Waals surface area contributed by atoms with Gasteiger partial charge in [-0.1, -0.05) is 66.2 Å². The van der Waals surface area contributed by atoms with Crippen molar-refractivity contribution in [1.29, 1.82) is 0 Å². The molecule has 0 unspecified atom stereocenters. The smallest absolute Gasteiger partial charge is 0.181 e. The summed E-state index contributed by atoms with van der Waals surface area (Å²) in [6.07, 6.45) is 1.75. The predicted molar refractivity (Wildman–Crippen MR) is 125 cm³/mol. The van der Waals surface area contributed by atoms with E-state index in [2.05, 4.69) is 27.8 Å².